The fourth-order valence-corrected chi connectivity index (χ4v) is 2.62. The maximum Gasteiger partial charge on any atom is 0.123 e. The summed E-state index contributed by atoms with van der Waals surface area (Å²) in [5, 5.41) is 0. The fraction of sp³-hybridized carbons (Fsp3) is 0.538. The first-order valence-corrected chi connectivity index (χ1v) is 5.71. The number of anilines is 1. The van der Waals surface area contributed by atoms with Crippen LogP contribution in [0.2, 0.25) is 0 Å². The summed E-state index contributed by atoms with van der Waals surface area (Å²) < 4.78 is 13.1. The SMILES string of the molecule is C[C@@H]1CCC[C@@H](c2cc(F)ccc2N)C1. The molecule has 0 spiro atoms. The van der Waals surface area contributed by atoms with Crippen LogP contribution in [0.5, 0.6) is 0 Å². The fourth-order valence-electron chi connectivity index (χ4n) is 2.62. The molecule has 2 heteroatoms. The van der Waals surface area contributed by atoms with Gasteiger partial charge in [0.15, 0.2) is 0 Å². The van der Waals surface area contributed by atoms with Gasteiger partial charge in [-0.25, -0.2) is 4.39 Å². The van der Waals surface area contributed by atoms with Gasteiger partial charge in [0.05, 0.1) is 0 Å². The van der Waals surface area contributed by atoms with E-state index in [0.717, 1.165) is 30.0 Å². The minimum Gasteiger partial charge on any atom is -0.398 e. The number of rotatable bonds is 1. The molecular weight excluding hydrogens is 189 g/mol. The zero-order valence-corrected chi connectivity index (χ0v) is 9.17. The van der Waals surface area contributed by atoms with Gasteiger partial charge in [-0.1, -0.05) is 19.8 Å². The van der Waals surface area contributed by atoms with Crippen molar-refractivity contribution in [1.29, 1.82) is 0 Å². The van der Waals surface area contributed by atoms with Crippen LogP contribution in [0, 0.1) is 11.7 Å². The van der Waals surface area contributed by atoms with E-state index in [9.17, 15) is 4.39 Å². The molecule has 1 aliphatic carbocycles. The van der Waals surface area contributed by atoms with E-state index in [1.165, 1.54) is 18.9 Å². The molecule has 0 heterocycles. The molecule has 0 aliphatic heterocycles. The maximum absolute atomic E-state index is 13.1. The third-order valence-electron chi connectivity index (χ3n) is 3.43. The average Bonchev–Trinajstić information content (AvgIpc) is 2.22. The molecule has 1 aromatic rings. The normalized spacial score (nSPS) is 26.5. The number of hydrogen-bond donors (Lipinski definition) is 1. The van der Waals surface area contributed by atoms with Crippen LogP contribution in [0.4, 0.5) is 10.1 Å². The molecule has 0 bridgehead atoms. The van der Waals surface area contributed by atoms with Crippen LogP contribution in [0.1, 0.15) is 44.1 Å². The lowest BCUT2D eigenvalue weighted by Crippen LogP contribution is -2.13. The highest BCUT2D eigenvalue weighted by Gasteiger charge is 2.22. The van der Waals surface area contributed by atoms with E-state index in [1.54, 1.807) is 12.1 Å². The van der Waals surface area contributed by atoms with Crippen molar-refractivity contribution >= 4 is 5.69 Å². The van der Waals surface area contributed by atoms with Crippen molar-refractivity contribution in [3.8, 4) is 0 Å². The molecule has 2 atom stereocenters. The Bertz CT molecular complexity index is 348. The largest absolute Gasteiger partial charge is 0.398 e. The van der Waals surface area contributed by atoms with Gasteiger partial charge < -0.3 is 5.73 Å². The second-order valence-electron chi connectivity index (χ2n) is 4.74. The highest BCUT2D eigenvalue weighted by molar-refractivity contribution is 5.48. The highest BCUT2D eigenvalue weighted by atomic mass is 19.1. The van der Waals surface area contributed by atoms with E-state index in [1.807, 2.05) is 0 Å². The average molecular weight is 207 g/mol. The summed E-state index contributed by atoms with van der Waals surface area (Å²) in [6.07, 6.45) is 4.83. The summed E-state index contributed by atoms with van der Waals surface area (Å²) in [5.41, 5.74) is 7.66. The monoisotopic (exact) mass is 207 g/mol. The van der Waals surface area contributed by atoms with E-state index in [4.69, 9.17) is 5.73 Å². The summed E-state index contributed by atoms with van der Waals surface area (Å²) >= 11 is 0. The molecule has 2 N–H and O–H groups in total. The van der Waals surface area contributed by atoms with Crippen molar-refractivity contribution < 1.29 is 4.39 Å². The first kappa shape index (κ1) is 10.5. The first-order valence-electron chi connectivity index (χ1n) is 5.71. The maximum atomic E-state index is 13.1. The number of nitrogens with two attached hydrogens (primary N) is 1. The van der Waals surface area contributed by atoms with E-state index in [0.29, 0.717) is 5.92 Å². The predicted octanol–water partition coefficient (Wildman–Crippen LogP) is 3.70. The van der Waals surface area contributed by atoms with Gasteiger partial charge in [-0.05, 0) is 48.4 Å². The molecule has 0 unspecified atom stereocenters. The molecular formula is C13H18FN. The molecule has 0 radical (unpaired) electrons. The summed E-state index contributed by atoms with van der Waals surface area (Å²) in [7, 11) is 0. The molecule has 0 aromatic heterocycles. The molecule has 15 heavy (non-hydrogen) atoms. The molecule has 1 saturated carbocycles. The molecule has 82 valence electrons. The Hall–Kier alpha value is -1.05. The smallest absolute Gasteiger partial charge is 0.123 e. The van der Waals surface area contributed by atoms with Crippen molar-refractivity contribution in [3.63, 3.8) is 0 Å². The van der Waals surface area contributed by atoms with Gasteiger partial charge in [0.25, 0.3) is 0 Å². The standard InChI is InChI=1S/C13H18FN/c1-9-3-2-4-10(7-9)12-8-11(14)5-6-13(12)15/h5-6,8-10H,2-4,7,15H2,1H3/t9-,10-/m1/s1. The Labute approximate surface area is 90.5 Å². The van der Waals surface area contributed by atoms with Gasteiger partial charge in [0.1, 0.15) is 5.82 Å². The van der Waals surface area contributed by atoms with Crippen LogP contribution < -0.4 is 5.73 Å². The Kier molecular flexibility index (Phi) is 2.94. The number of hydrogen-bond acceptors (Lipinski definition) is 1. The molecule has 1 aromatic carbocycles. The Balaban J connectivity index is 2.24. The van der Waals surface area contributed by atoms with Gasteiger partial charge in [0.2, 0.25) is 0 Å². The Morgan fingerprint density at radius 3 is 2.87 bits per heavy atom. The lowest BCUT2D eigenvalue weighted by atomic mass is 9.78. The van der Waals surface area contributed by atoms with Gasteiger partial charge in [0, 0.05) is 5.69 Å². The molecule has 0 saturated heterocycles. The Morgan fingerprint density at radius 2 is 2.13 bits per heavy atom. The van der Waals surface area contributed by atoms with Crippen LogP contribution in [0.25, 0.3) is 0 Å². The van der Waals surface area contributed by atoms with Gasteiger partial charge in [-0.3, -0.25) is 0 Å². The third kappa shape index (κ3) is 2.31. The van der Waals surface area contributed by atoms with E-state index < -0.39 is 0 Å². The van der Waals surface area contributed by atoms with Crippen molar-refractivity contribution in [2.24, 2.45) is 5.92 Å². The van der Waals surface area contributed by atoms with Crippen LogP contribution >= 0.6 is 0 Å². The summed E-state index contributed by atoms with van der Waals surface area (Å²) in [5.74, 6) is 1.04. The molecule has 2 rings (SSSR count). The van der Waals surface area contributed by atoms with Gasteiger partial charge in [-0.15, -0.1) is 0 Å². The minimum absolute atomic E-state index is 0.169. The predicted molar refractivity (Wildman–Crippen MR) is 61.2 cm³/mol. The Morgan fingerprint density at radius 1 is 1.33 bits per heavy atom. The zero-order valence-electron chi connectivity index (χ0n) is 9.17. The number of nitrogen functional groups attached to an aromatic ring is 1. The topological polar surface area (TPSA) is 26.0 Å². The highest BCUT2D eigenvalue weighted by Crippen LogP contribution is 2.38. The van der Waals surface area contributed by atoms with E-state index in [2.05, 4.69) is 6.92 Å². The summed E-state index contributed by atoms with van der Waals surface area (Å²) in [6, 6.07) is 4.73. The van der Waals surface area contributed by atoms with E-state index in [-0.39, 0.29) is 5.82 Å². The first-order chi connectivity index (χ1) is 7.16. The summed E-state index contributed by atoms with van der Waals surface area (Å²) in [4.78, 5) is 0. The zero-order chi connectivity index (χ0) is 10.8. The van der Waals surface area contributed by atoms with Crippen molar-refractivity contribution in [2.75, 3.05) is 5.73 Å². The second kappa shape index (κ2) is 4.21. The quantitative estimate of drug-likeness (QED) is 0.698. The van der Waals surface area contributed by atoms with Crippen LogP contribution in [-0.4, -0.2) is 0 Å². The van der Waals surface area contributed by atoms with Crippen LogP contribution in [0.3, 0.4) is 0 Å². The molecule has 1 fully saturated rings. The van der Waals surface area contributed by atoms with Gasteiger partial charge >= 0.3 is 0 Å². The number of halogens is 1. The lowest BCUT2D eigenvalue weighted by Gasteiger charge is -2.27. The molecule has 1 aliphatic rings. The van der Waals surface area contributed by atoms with Crippen molar-refractivity contribution in [2.45, 2.75) is 38.5 Å². The third-order valence-corrected chi connectivity index (χ3v) is 3.43. The van der Waals surface area contributed by atoms with Crippen molar-refractivity contribution in [1.82, 2.24) is 0 Å². The lowest BCUT2D eigenvalue weighted by molar-refractivity contribution is 0.344. The summed E-state index contributed by atoms with van der Waals surface area (Å²) in [6.45, 7) is 2.27. The number of benzene rings is 1. The van der Waals surface area contributed by atoms with Crippen LogP contribution in [0.15, 0.2) is 18.2 Å². The minimum atomic E-state index is -0.169. The molecule has 0 amide bonds. The second-order valence-corrected chi connectivity index (χ2v) is 4.74. The van der Waals surface area contributed by atoms with Gasteiger partial charge in [-0.2, -0.15) is 0 Å². The van der Waals surface area contributed by atoms with Crippen LogP contribution in [-0.2, 0) is 0 Å². The van der Waals surface area contributed by atoms with Crippen molar-refractivity contribution in [3.05, 3.63) is 29.6 Å². The molecule has 1 nitrogen and oxygen atoms in total. The van der Waals surface area contributed by atoms with E-state index >= 15 is 0 Å².